The molecule has 5 atom stereocenters. The largest absolute Gasteiger partial charge is 0.376 e. The van der Waals surface area contributed by atoms with Crippen molar-refractivity contribution >= 4 is 52.1 Å². The van der Waals surface area contributed by atoms with Crippen LogP contribution < -0.4 is 5.32 Å². The summed E-state index contributed by atoms with van der Waals surface area (Å²) in [5.74, 6) is 2.55. The molecule has 25 heavy (non-hydrogen) atoms. The summed E-state index contributed by atoms with van der Waals surface area (Å²) in [5, 5.41) is 6.34. The highest BCUT2D eigenvalue weighted by atomic mass is 35.5. The summed E-state index contributed by atoms with van der Waals surface area (Å²) < 4.78 is 0. The topological polar surface area (TPSA) is 12.0 Å². The van der Waals surface area contributed by atoms with Crippen LogP contribution in [0.3, 0.4) is 0 Å². The highest BCUT2D eigenvalue weighted by molar-refractivity contribution is 6.42. The second-order valence-corrected chi connectivity index (χ2v) is 9.24. The van der Waals surface area contributed by atoms with Gasteiger partial charge in [0.1, 0.15) is 0 Å². The Morgan fingerprint density at radius 1 is 0.840 bits per heavy atom. The van der Waals surface area contributed by atoms with E-state index < -0.39 is 0 Å². The zero-order valence-corrected chi connectivity index (χ0v) is 16.4. The van der Waals surface area contributed by atoms with Crippen molar-refractivity contribution < 1.29 is 0 Å². The van der Waals surface area contributed by atoms with E-state index in [9.17, 15) is 0 Å². The minimum atomic E-state index is 0.209. The lowest BCUT2D eigenvalue weighted by Gasteiger charge is -2.44. The Morgan fingerprint density at radius 2 is 1.64 bits per heavy atom. The van der Waals surface area contributed by atoms with Crippen molar-refractivity contribution in [1.29, 1.82) is 0 Å². The summed E-state index contributed by atoms with van der Waals surface area (Å²) in [6.07, 6.45) is 3.93. The van der Waals surface area contributed by atoms with Gasteiger partial charge in [-0.15, -0.1) is 0 Å². The van der Waals surface area contributed by atoms with Crippen LogP contribution in [0.25, 0.3) is 0 Å². The quantitative estimate of drug-likeness (QED) is 0.508. The third-order valence-electron chi connectivity index (χ3n) is 6.41. The Hall–Kier alpha value is -0.600. The van der Waals surface area contributed by atoms with Gasteiger partial charge in [0.2, 0.25) is 0 Å². The minimum Gasteiger partial charge on any atom is -0.376 e. The van der Waals surface area contributed by atoms with Crippen LogP contribution in [0.2, 0.25) is 20.1 Å². The number of halogens is 4. The maximum absolute atomic E-state index is 6.56. The molecule has 0 unspecified atom stereocenters. The number of anilines is 1. The Labute approximate surface area is 167 Å². The van der Waals surface area contributed by atoms with Gasteiger partial charge in [0.05, 0.1) is 26.8 Å². The van der Waals surface area contributed by atoms with Crippen LogP contribution in [-0.2, 0) is 0 Å². The molecule has 0 saturated heterocycles. The lowest BCUT2D eigenvalue weighted by atomic mass is 9.68. The molecule has 0 aromatic heterocycles. The number of fused-ring (bicyclic) bond motifs is 7. The van der Waals surface area contributed by atoms with Crippen molar-refractivity contribution in [2.24, 2.45) is 17.8 Å². The first kappa shape index (κ1) is 16.6. The van der Waals surface area contributed by atoms with Gasteiger partial charge in [0, 0.05) is 5.02 Å². The normalized spacial score (nSPS) is 32.2. The summed E-state index contributed by atoms with van der Waals surface area (Å²) >= 11 is 25.3. The molecule has 3 aliphatic rings. The van der Waals surface area contributed by atoms with Crippen molar-refractivity contribution in [2.75, 3.05) is 5.32 Å². The van der Waals surface area contributed by atoms with Crippen molar-refractivity contribution in [2.45, 2.75) is 31.2 Å². The van der Waals surface area contributed by atoms with Crippen LogP contribution in [0.5, 0.6) is 0 Å². The van der Waals surface area contributed by atoms with Gasteiger partial charge in [-0.05, 0) is 78.3 Å². The zero-order valence-electron chi connectivity index (χ0n) is 13.4. The zero-order chi connectivity index (χ0) is 17.3. The average molecular weight is 413 g/mol. The molecular formula is C20H17Cl4N. The molecule has 2 aliphatic carbocycles. The Kier molecular flexibility index (Phi) is 3.95. The van der Waals surface area contributed by atoms with Gasteiger partial charge >= 0.3 is 0 Å². The van der Waals surface area contributed by atoms with Crippen LogP contribution in [0.1, 0.15) is 42.3 Å². The fourth-order valence-electron chi connectivity index (χ4n) is 5.55. The van der Waals surface area contributed by atoms with E-state index >= 15 is 0 Å². The Morgan fingerprint density at radius 3 is 2.44 bits per heavy atom. The van der Waals surface area contributed by atoms with Crippen LogP contribution in [0.4, 0.5) is 5.69 Å². The van der Waals surface area contributed by atoms with E-state index in [0.717, 1.165) is 22.5 Å². The van der Waals surface area contributed by atoms with Crippen molar-refractivity contribution in [3.05, 3.63) is 61.5 Å². The van der Waals surface area contributed by atoms with E-state index in [2.05, 4.69) is 17.4 Å². The van der Waals surface area contributed by atoms with Gasteiger partial charge in [0.25, 0.3) is 0 Å². The lowest BCUT2D eigenvalue weighted by molar-refractivity contribution is 0.247. The predicted molar refractivity (Wildman–Crippen MR) is 106 cm³/mol. The van der Waals surface area contributed by atoms with E-state index in [-0.39, 0.29) is 6.04 Å². The molecule has 1 heterocycles. The second kappa shape index (κ2) is 5.96. The first-order valence-electron chi connectivity index (χ1n) is 8.73. The molecule has 0 amide bonds. The van der Waals surface area contributed by atoms with Crippen LogP contribution in [-0.4, -0.2) is 0 Å². The summed E-state index contributed by atoms with van der Waals surface area (Å²) in [7, 11) is 0. The van der Waals surface area contributed by atoms with Crippen molar-refractivity contribution in [3.63, 3.8) is 0 Å². The lowest BCUT2D eigenvalue weighted by Crippen LogP contribution is -2.35. The van der Waals surface area contributed by atoms with E-state index in [1.165, 1.54) is 30.4 Å². The van der Waals surface area contributed by atoms with Crippen molar-refractivity contribution in [1.82, 2.24) is 0 Å². The molecule has 0 spiro atoms. The molecule has 5 heteroatoms. The van der Waals surface area contributed by atoms with Gasteiger partial charge in [-0.2, -0.15) is 0 Å². The first-order valence-corrected chi connectivity index (χ1v) is 10.2. The monoisotopic (exact) mass is 411 g/mol. The predicted octanol–water partition coefficient (Wildman–Crippen LogP) is 7.60. The molecule has 2 bridgehead atoms. The molecule has 2 fully saturated rings. The second-order valence-electron chi connectivity index (χ2n) is 7.58. The summed E-state index contributed by atoms with van der Waals surface area (Å²) in [4.78, 5) is 0. The third-order valence-corrected chi connectivity index (χ3v) is 7.67. The fraction of sp³-hybridized carbons (Fsp3) is 0.400. The maximum atomic E-state index is 6.56. The third kappa shape index (κ3) is 2.51. The van der Waals surface area contributed by atoms with E-state index in [4.69, 9.17) is 46.4 Å². The Balaban J connectivity index is 1.67. The SMILES string of the molecule is Clc1cc(Cl)c2c(c1)[C@H]1[C@@H]3CC[C@@H](C3)[C@H]1[C@@H](c1ccc(Cl)c(Cl)c1)N2. The molecule has 1 nitrogen and oxygen atoms in total. The van der Waals surface area contributed by atoms with Gasteiger partial charge in [0.15, 0.2) is 0 Å². The molecule has 2 aromatic carbocycles. The van der Waals surface area contributed by atoms with Gasteiger partial charge in [-0.25, -0.2) is 0 Å². The van der Waals surface area contributed by atoms with Gasteiger partial charge < -0.3 is 5.32 Å². The van der Waals surface area contributed by atoms with Gasteiger partial charge in [-0.3, -0.25) is 0 Å². The highest BCUT2D eigenvalue weighted by Gasteiger charge is 2.54. The van der Waals surface area contributed by atoms with Crippen LogP contribution >= 0.6 is 46.4 Å². The van der Waals surface area contributed by atoms with E-state index in [1.54, 1.807) is 0 Å². The van der Waals surface area contributed by atoms with Gasteiger partial charge in [-0.1, -0.05) is 52.5 Å². The summed E-state index contributed by atoms with van der Waals surface area (Å²) in [6.45, 7) is 0. The molecular weight excluding hydrogens is 396 g/mol. The van der Waals surface area contributed by atoms with E-state index in [0.29, 0.717) is 26.9 Å². The molecule has 0 radical (unpaired) electrons. The first-order chi connectivity index (χ1) is 12.0. The standard InChI is InChI=1S/C20H17Cl4N/c21-12-7-13-17-9-1-2-10(5-9)18(17)19(25-20(13)16(24)8-12)11-3-4-14(22)15(23)6-11/h3-4,6-10,17-19,25H,1-2,5H2/t9-,10+,17-,18-,19-/m1/s1. The van der Waals surface area contributed by atoms with E-state index in [1.807, 2.05) is 18.2 Å². The minimum absolute atomic E-state index is 0.209. The maximum Gasteiger partial charge on any atom is 0.0655 e. The highest BCUT2D eigenvalue weighted by Crippen LogP contribution is 2.64. The number of nitrogens with one attached hydrogen (secondary N) is 1. The Bertz CT molecular complexity index is 865. The summed E-state index contributed by atoms with van der Waals surface area (Å²) in [5.41, 5.74) is 3.52. The smallest absolute Gasteiger partial charge is 0.0655 e. The number of hydrogen-bond acceptors (Lipinski definition) is 1. The average Bonchev–Trinajstić information content (AvgIpc) is 3.19. The molecule has 1 aliphatic heterocycles. The van der Waals surface area contributed by atoms with Crippen molar-refractivity contribution in [3.8, 4) is 0 Å². The molecule has 5 rings (SSSR count). The van der Waals surface area contributed by atoms with Crippen LogP contribution in [0, 0.1) is 17.8 Å². The van der Waals surface area contributed by atoms with Crippen LogP contribution in [0.15, 0.2) is 30.3 Å². The number of rotatable bonds is 1. The fourth-order valence-corrected chi connectivity index (χ4v) is 6.42. The summed E-state index contributed by atoms with van der Waals surface area (Å²) in [6, 6.07) is 10.1. The molecule has 1 N–H and O–H groups in total. The molecule has 130 valence electrons. The number of benzene rings is 2. The molecule has 2 aromatic rings. The molecule has 2 saturated carbocycles. The number of hydrogen-bond donors (Lipinski definition) is 1.